The van der Waals surface area contributed by atoms with Crippen molar-refractivity contribution >= 4 is 23.5 Å². The summed E-state index contributed by atoms with van der Waals surface area (Å²) in [5.74, 6) is 6.91. The van der Waals surface area contributed by atoms with Crippen LogP contribution in [0.1, 0.15) is 6.42 Å². The smallest absolute Gasteiger partial charge is 0.223 e. The van der Waals surface area contributed by atoms with Gasteiger partial charge in [-0.25, -0.2) is 10.8 Å². The molecule has 15 heavy (non-hydrogen) atoms. The minimum atomic E-state index is 0.222. The molecule has 5 N–H and O–H groups in total. The molecule has 0 saturated heterocycles. The third-order valence-electron chi connectivity index (χ3n) is 1.61. The quantitative estimate of drug-likeness (QED) is 0.214. The second-order valence-electron chi connectivity index (χ2n) is 2.79. The lowest BCUT2D eigenvalue weighted by molar-refractivity contribution is 0.200. The van der Waals surface area contributed by atoms with Crippen LogP contribution in [0, 0.1) is 0 Å². The van der Waals surface area contributed by atoms with Crippen LogP contribution in [0.15, 0.2) is 11.1 Å². The molecule has 0 atom stereocenters. The highest BCUT2D eigenvalue weighted by Gasteiger charge is 2.01. The lowest BCUT2D eigenvalue weighted by Gasteiger charge is -2.04. The maximum atomic E-state index is 5.51. The van der Waals surface area contributed by atoms with E-state index in [1.165, 1.54) is 0 Å². The first kappa shape index (κ1) is 12.0. The van der Waals surface area contributed by atoms with Crippen LogP contribution in [0.4, 0.5) is 11.8 Å². The van der Waals surface area contributed by atoms with Crippen LogP contribution in [0.25, 0.3) is 0 Å². The van der Waals surface area contributed by atoms with Crippen LogP contribution in [0.2, 0.25) is 0 Å². The fourth-order valence-corrected chi connectivity index (χ4v) is 1.80. The number of thioether (sulfide) groups is 1. The Bertz CT molecular complexity index is 309. The maximum absolute atomic E-state index is 5.51. The lowest BCUT2D eigenvalue weighted by Crippen LogP contribution is -2.10. The van der Waals surface area contributed by atoms with Crippen LogP contribution in [-0.4, -0.2) is 29.4 Å². The molecule has 0 aliphatic rings. The minimum absolute atomic E-state index is 0.222. The van der Waals surface area contributed by atoms with Crippen molar-refractivity contribution in [2.45, 2.75) is 11.4 Å². The summed E-state index contributed by atoms with van der Waals surface area (Å²) in [6, 6.07) is 1.76. The maximum Gasteiger partial charge on any atom is 0.223 e. The number of nitrogens with two attached hydrogens (primary N) is 2. The first-order valence-corrected chi connectivity index (χ1v) is 5.47. The molecule has 0 aliphatic heterocycles. The van der Waals surface area contributed by atoms with Gasteiger partial charge < -0.3 is 15.9 Å². The third kappa shape index (κ3) is 4.32. The molecule has 0 bridgehead atoms. The van der Waals surface area contributed by atoms with Crippen molar-refractivity contribution in [3.8, 4) is 0 Å². The standard InChI is InChI=1S/C8H15N5OS/c1-14-3-2-4-15-7-5-6(13-10)11-8(9)12-7/h5H,2-4,10H2,1H3,(H3,9,11,12,13). The second-order valence-corrected chi connectivity index (χ2v) is 3.90. The molecule has 0 unspecified atom stereocenters. The molecule has 7 heteroatoms. The van der Waals surface area contributed by atoms with Crippen molar-refractivity contribution in [1.82, 2.24) is 9.97 Å². The molecular formula is C8H15N5OS. The van der Waals surface area contributed by atoms with E-state index in [9.17, 15) is 0 Å². The second kappa shape index (κ2) is 6.44. The Morgan fingerprint density at radius 1 is 1.53 bits per heavy atom. The number of aromatic nitrogens is 2. The van der Waals surface area contributed by atoms with Crippen LogP contribution in [-0.2, 0) is 4.74 Å². The van der Waals surface area contributed by atoms with Crippen LogP contribution in [0.5, 0.6) is 0 Å². The summed E-state index contributed by atoms with van der Waals surface area (Å²) in [5, 5.41) is 0.812. The van der Waals surface area contributed by atoms with Gasteiger partial charge in [-0.3, -0.25) is 0 Å². The Morgan fingerprint density at radius 2 is 2.33 bits per heavy atom. The summed E-state index contributed by atoms with van der Waals surface area (Å²) in [4.78, 5) is 7.96. The minimum Gasteiger partial charge on any atom is -0.385 e. The molecule has 1 rings (SSSR count). The third-order valence-corrected chi connectivity index (χ3v) is 2.61. The van der Waals surface area contributed by atoms with Crippen molar-refractivity contribution in [2.24, 2.45) is 5.84 Å². The fourth-order valence-electron chi connectivity index (χ4n) is 0.971. The summed E-state index contributed by atoms with van der Waals surface area (Å²) in [7, 11) is 1.68. The Kier molecular flexibility index (Phi) is 5.16. The molecule has 6 nitrogen and oxygen atoms in total. The van der Waals surface area contributed by atoms with Gasteiger partial charge in [0.1, 0.15) is 10.8 Å². The van der Waals surface area contributed by atoms with Gasteiger partial charge in [-0.2, -0.15) is 4.98 Å². The summed E-state index contributed by atoms with van der Waals surface area (Å²) in [6.07, 6.45) is 0.969. The molecular weight excluding hydrogens is 214 g/mol. The number of hydrogen-bond acceptors (Lipinski definition) is 7. The molecule has 0 fully saturated rings. The van der Waals surface area contributed by atoms with E-state index in [0.717, 1.165) is 23.8 Å². The number of hydrogen-bond donors (Lipinski definition) is 3. The van der Waals surface area contributed by atoms with E-state index in [2.05, 4.69) is 15.4 Å². The van der Waals surface area contributed by atoms with Gasteiger partial charge in [0, 0.05) is 25.5 Å². The van der Waals surface area contributed by atoms with E-state index in [-0.39, 0.29) is 5.95 Å². The Morgan fingerprint density at radius 3 is 3.00 bits per heavy atom. The SMILES string of the molecule is COCCCSc1cc(NN)nc(N)n1. The zero-order chi connectivity index (χ0) is 11.1. The summed E-state index contributed by atoms with van der Waals surface area (Å²) >= 11 is 1.60. The molecule has 0 aromatic carbocycles. The summed E-state index contributed by atoms with van der Waals surface area (Å²) < 4.78 is 4.95. The fraction of sp³-hybridized carbons (Fsp3) is 0.500. The molecule has 0 radical (unpaired) electrons. The molecule has 1 heterocycles. The number of nitrogen functional groups attached to an aromatic ring is 2. The van der Waals surface area contributed by atoms with Gasteiger partial charge in [-0.1, -0.05) is 0 Å². The van der Waals surface area contributed by atoms with Gasteiger partial charge >= 0.3 is 0 Å². The molecule has 0 aliphatic carbocycles. The van der Waals surface area contributed by atoms with E-state index in [1.807, 2.05) is 0 Å². The van der Waals surface area contributed by atoms with E-state index >= 15 is 0 Å². The van der Waals surface area contributed by atoms with Crippen LogP contribution in [0.3, 0.4) is 0 Å². The highest BCUT2D eigenvalue weighted by atomic mass is 32.2. The van der Waals surface area contributed by atoms with Gasteiger partial charge in [-0.05, 0) is 6.42 Å². The lowest BCUT2D eigenvalue weighted by atomic mass is 10.5. The zero-order valence-corrected chi connectivity index (χ0v) is 9.38. The van der Waals surface area contributed by atoms with E-state index in [1.54, 1.807) is 24.9 Å². The van der Waals surface area contributed by atoms with Gasteiger partial charge in [0.25, 0.3) is 0 Å². The average molecular weight is 229 g/mol. The van der Waals surface area contributed by atoms with Gasteiger partial charge in [0.05, 0.1) is 0 Å². The highest BCUT2D eigenvalue weighted by molar-refractivity contribution is 7.99. The Hall–Kier alpha value is -1.05. The van der Waals surface area contributed by atoms with Gasteiger partial charge in [0.15, 0.2) is 0 Å². The predicted octanol–water partition coefficient (Wildman–Crippen LogP) is 0.473. The number of nitrogens with zero attached hydrogens (tertiary/aromatic N) is 2. The predicted molar refractivity (Wildman–Crippen MR) is 61.5 cm³/mol. The number of ether oxygens (including phenoxy) is 1. The molecule has 0 saturated carbocycles. The molecule has 0 amide bonds. The van der Waals surface area contributed by atoms with Crippen molar-refractivity contribution < 1.29 is 4.74 Å². The monoisotopic (exact) mass is 229 g/mol. The van der Waals surface area contributed by atoms with Crippen molar-refractivity contribution in [3.05, 3.63) is 6.07 Å². The van der Waals surface area contributed by atoms with Crippen LogP contribution < -0.4 is 17.0 Å². The highest BCUT2D eigenvalue weighted by Crippen LogP contribution is 2.19. The molecule has 1 aromatic rings. The number of anilines is 2. The normalized spacial score (nSPS) is 10.3. The number of nitrogens with one attached hydrogen (secondary N) is 1. The van der Waals surface area contributed by atoms with Gasteiger partial charge in [-0.15, -0.1) is 11.8 Å². The van der Waals surface area contributed by atoms with Crippen molar-refractivity contribution in [1.29, 1.82) is 0 Å². The number of rotatable bonds is 6. The van der Waals surface area contributed by atoms with E-state index < -0.39 is 0 Å². The van der Waals surface area contributed by atoms with E-state index in [4.69, 9.17) is 16.3 Å². The first-order chi connectivity index (χ1) is 7.26. The number of hydrazine groups is 1. The van der Waals surface area contributed by atoms with Gasteiger partial charge in [0.2, 0.25) is 5.95 Å². The van der Waals surface area contributed by atoms with Crippen molar-refractivity contribution in [3.63, 3.8) is 0 Å². The summed E-state index contributed by atoms with van der Waals surface area (Å²) in [6.45, 7) is 0.746. The first-order valence-electron chi connectivity index (χ1n) is 4.49. The largest absolute Gasteiger partial charge is 0.385 e. The van der Waals surface area contributed by atoms with E-state index in [0.29, 0.717) is 5.82 Å². The molecule has 0 spiro atoms. The molecule has 1 aromatic heterocycles. The number of methoxy groups -OCH3 is 1. The molecule has 84 valence electrons. The average Bonchev–Trinajstić information content (AvgIpc) is 2.23. The zero-order valence-electron chi connectivity index (χ0n) is 8.56. The topological polar surface area (TPSA) is 99.1 Å². The Balaban J connectivity index is 2.49. The van der Waals surface area contributed by atoms with Crippen molar-refractivity contribution in [2.75, 3.05) is 30.6 Å². The van der Waals surface area contributed by atoms with Crippen LogP contribution >= 0.6 is 11.8 Å². The summed E-state index contributed by atoms with van der Waals surface area (Å²) in [5.41, 5.74) is 7.95. The Labute approximate surface area is 92.8 Å².